The molecule has 110 valence electrons. The van der Waals surface area contributed by atoms with E-state index in [9.17, 15) is 13.2 Å². The van der Waals surface area contributed by atoms with Crippen molar-refractivity contribution in [2.75, 3.05) is 30.3 Å². The van der Waals surface area contributed by atoms with E-state index in [0.29, 0.717) is 5.69 Å². The average Bonchev–Trinajstić information content (AvgIpc) is 2.38. The molecule has 1 heterocycles. The molecule has 1 fully saturated rings. The van der Waals surface area contributed by atoms with Gasteiger partial charge in [0.25, 0.3) is 0 Å². The second-order valence-electron chi connectivity index (χ2n) is 5.69. The average molecular weight is 296 g/mol. The molecule has 1 amide bonds. The third-order valence-electron chi connectivity index (χ3n) is 3.80. The first-order chi connectivity index (χ1) is 9.22. The molecule has 0 atom stereocenters. The number of hydrogen-bond donors (Lipinski definition) is 1. The number of nitrogen functional groups attached to an aromatic ring is 1. The van der Waals surface area contributed by atoms with Gasteiger partial charge in [-0.2, -0.15) is 0 Å². The Hall–Kier alpha value is -1.56. The molecule has 2 rings (SSSR count). The van der Waals surface area contributed by atoms with Crippen LogP contribution in [0.4, 0.5) is 5.69 Å². The molecule has 0 bridgehead atoms. The number of anilines is 1. The molecule has 0 spiro atoms. The van der Waals surface area contributed by atoms with Crippen LogP contribution in [0.25, 0.3) is 0 Å². The molecule has 0 aliphatic carbocycles. The highest BCUT2D eigenvalue weighted by molar-refractivity contribution is 7.91. The van der Waals surface area contributed by atoms with Crippen LogP contribution in [-0.4, -0.2) is 43.8 Å². The Kier molecular flexibility index (Phi) is 3.77. The third-order valence-corrected chi connectivity index (χ3v) is 5.41. The zero-order valence-electron chi connectivity index (χ0n) is 11.8. The summed E-state index contributed by atoms with van der Waals surface area (Å²) in [6, 6.07) is 7.22. The quantitative estimate of drug-likeness (QED) is 0.819. The second-order valence-corrected chi connectivity index (χ2v) is 7.99. The van der Waals surface area contributed by atoms with Gasteiger partial charge >= 0.3 is 0 Å². The highest BCUT2D eigenvalue weighted by Crippen LogP contribution is 2.27. The zero-order valence-corrected chi connectivity index (χ0v) is 12.6. The normalized spacial score (nSPS) is 18.8. The fourth-order valence-electron chi connectivity index (χ4n) is 2.33. The van der Waals surface area contributed by atoms with E-state index in [1.807, 2.05) is 26.0 Å². The minimum atomic E-state index is -2.98. The number of hydrogen-bond acceptors (Lipinski definition) is 4. The van der Waals surface area contributed by atoms with Crippen LogP contribution in [0.15, 0.2) is 24.3 Å². The van der Waals surface area contributed by atoms with Gasteiger partial charge in [-0.3, -0.25) is 4.79 Å². The summed E-state index contributed by atoms with van der Waals surface area (Å²) in [4.78, 5) is 14.3. The van der Waals surface area contributed by atoms with Crippen molar-refractivity contribution in [2.45, 2.75) is 19.3 Å². The van der Waals surface area contributed by atoms with Gasteiger partial charge in [0.05, 0.1) is 16.9 Å². The maximum atomic E-state index is 12.6. The molecule has 0 radical (unpaired) electrons. The Morgan fingerprint density at radius 1 is 1.15 bits per heavy atom. The molecule has 0 saturated carbocycles. The lowest BCUT2D eigenvalue weighted by molar-refractivity contribution is -0.135. The summed E-state index contributed by atoms with van der Waals surface area (Å²) >= 11 is 0. The second kappa shape index (κ2) is 5.09. The number of carbonyl (C=O) groups is 1. The Balaban J connectivity index is 2.17. The Bertz CT molecular complexity index is 592. The predicted molar refractivity (Wildman–Crippen MR) is 79.1 cm³/mol. The van der Waals surface area contributed by atoms with Gasteiger partial charge in [0.1, 0.15) is 0 Å². The van der Waals surface area contributed by atoms with Gasteiger partial charge in [-0.15, -0.1) is 0 Å². The SMILES string of the molecule is CC(C)(C(=O)N1CCS(=O)(=O)CC1)c1ccc(N)cc1. The minimum Gasteiger partial charge on any atom is -0.399 e. The van der Waals surface area contributed by atoms with Crippen LogP contribution in [0.1, 0.15) is 19.4 Å². The molecule has 0 aromatic heterocycles. The molecule has 1 aromatic rings. The fourth-order valence-corrected chi connectivity index (χ4v) is 3.54. The van der Waals surface area contributed by atoms with Crippen LogP contribution in [0.5, 0.6) is 0 Å². The molecule has 20 heavy (non-hydrogen) atoms. The molecule has 2 N–H and O–H groups in total. The molecular formula is C14H20N2O3S. The van der Waals surface area contributed by atoms with Crippen molar-refractivity contribution in [3.63, 3.8) is 0 Å². The molecule has 1 aromatic carbocycles. The van der Waals surface area contributed by atoms with E-state index in [1.165, 1.54) is 0 Å². The van der Waals surface area contributed by atoms with Gasteiger partial charge in [-0.1, -0.05) is 12.1 Å². The summed E-state index contributed by atoms with van der Waals surface area (Å²) < 4.78 is 22.8. The molecule has 1 aliphatic heterocycles. The lowest BCUT2D eigenvalue weighted by Crippen LogP contribution is -2.50. The molecule has 5 nitrogen and oxygen atoms in total. The van der Waals surface area contributed by atoms with Crippen molar-refractivity contribution in [1.82, 2.24) is 4.90 Å². The van der Waals surface area contributed by atoms with Gasteiger partial charge in [-0.05, 0) is 31.5 Å². The summed E-state index contributed by atoms with van der Waals surface area (Å²) in [6.45, 7) is 4.26. The molecule has 1 saturated heterocycles. The van der Waals surface area contributed by atoms with Crippen molar-refractivity contribution < 1.29 is 13.2 Å². The van der Waals surface area contributed by atoms with Crippen LogP contribution < -0.4 is 5.73 Å². The van der Waals surface area contributed by atoms with Crippen LogP contribution >= 0.6 is 0 Å². The van der Waals surface area contributed by atoms with Crippen LogP contribution in [0.2, 0.25) is 0 Å². The first-order valence-electron chi connectivity index (χ1n) is 6.58. The maximum absolute atomic E-state index is 12.6. The molecule has 1 aliphatic rings. The predicted octanol–water partition coefficient (Wildman–Crippen LogP) is 0.803. The number of carbonyl (C=O) groups excluding carboxylic acids is 1. The molecular weight excluding hydrogens is 276 g/mol. The Labute approximate surface area is 119 Å². The van der Waals surface area contributed by atoms with E-state index in [0.717, 1.165) is 5.56 Å². The standard InChI is InChI=1S/C14H20N2O3S/c1-14(2,11-3-5-12(15)6-4-11)13(17)16-7-9-20(18,19)10-8-16/h3-6H,7-10,15H2,1-2H3. The summed E-state index contributed by atoms with van der Waals surface area (Å²) in [5.74, 6) is 0.0600. The summed E-state index contributed by atoms with van der Waals surface area (Å²) in [6.07, 6.45) is 0. The van der Waals surface area contributed by atoms with Crippen molar-refractivity contribution in [2.24, 2.45) is 0 Å². The number of sulfone groups is 1. The fraction of sp³-hybridized carbons (Fsp3) is 0.500. The van der Waals surface area contributed by atoms with E-state index in [2.05, 4.69) is 0 Å². The lowest BCUT2D eigenvalue weighted by Gasteiger charge is -2.34. The van der Waals surface area contributed by atoms with Gasteiger partial charge in [-0.25, -0.2) is 8.42 Å². The zero-order chi connectivity index (χ0) is 15.0. The highest BCUT2D eigenvalue weighted by atomic mass is 32.2. The van der Waals surface area contributed by atoms with Crippen LogP contribution in [-0.2, 0) is 20.0 Å². The first kappa shape index (κ1) is 14.8. The largest absolute Gasteiger partial charge is 0.399 e. The van der Waals surface area contributed by atoms with E-state index < -0.39 is 15.3 Å². The summed E-state index contributed by atoms with van der Waals surface area (Å²) in [5.41, 5.74) is 6.50. The lowest BCUT2D eigenvalue weighted by atomic mass is 9.83. The number of rotatable bonds is 2. The van der Waals surface area contributed by atoms with Crippen molar-refractivity contribution >= 4 is 21.4 Å². The minimum absolute atomic E-state index is 0.0443. The maximum Gasteiger partial charge on any atom is 0.232 e. The van der Waals surface area contributed by atoms with E-state index >= 15 is 0 Å². The highest BCUT2D eigenvalue weighted by Gasteiger charge is 2.36. The van der Waals surface area contributed by atoms with E-state index in [-0.39, 0.29) is 30.5 Å². The monoisotopic (exact) mass is 296 g/mol. The first-order valence-corrected chi connectivity index (χ1v) is 8.40. The third kappa shape index (κ3) is 2.95. The number of nitrogens with zero attached hydrogens (tertiary/aromatic N) is 1. The van der Waals surface area contributed by atoms with Crippen molar-refractivity contribution in [1.29, 1.82) is 0 Å². The van der Waals surface area contributed by atoms with Crippen molar-refractivity contribution in [3.8, 4) is 0 Å². The number of amides is 1. The van der Waals surface area contributed by atoms with Gasteiger partial charge in [0.2, 0.25) is 5.91 Å². The van der Waals surface area contributed by atoms with Gasteiger partial charge in [0.15, 0.2) is 9.84 Å². The van der Waals surface area contributed by atoms with Crippen molar-refractivity contribution in [3.05, 3.63) is 29.8 Å². The summed E-state index contributed by atoms with van der Waals surface area (Å²) in [7, 11) is -2.98. The van der Waals surface area contributed by atoms with E-state index in [1.54, 1.807) is 17.0 Å². The smallest absolute Gasteiger partial charge is 0.232 e. The summed E-state index contributed by atoms with van der Waals surface area (Å²) in [5, 5.41) is 0. The van der Waals surface area contributed by atoms with Crippen LogP contribution in [0, 0.1) is 0 Å². The Morgan fingerprint density at radius 2 is 1.65 bits per heavy atom. The van der Waals surface area contributed by atoms with Gasteiger partial charge < -0.3 is 10.6 Å². The number of nitrogens with two attached hydrogens (primary N) is 1. The number of benzene rings is 1. The Morgan fingerprint density at radius 3 is 2.15 bits per heavy atom. The van der Waals surface area contributed by atoms with Crippen LogP contribution in [0.3, 0.4) is 0 Å². The van der Waals surface area contributed by atoms with Gasteiger partial charge in [0, 0.05) is 18.8 Å². The molecule has 0 unspecified atom stereocenters. The molecule has 6 heteroatoms. The van der Waals surface area contributed by atoms with E-state index in [4.69, 9.17) is 5.73 Å². The topological polar surface area (TPSA) is 80.5 Å².